The summed E-state index contributed by atoms with van der Waals surface area (Å²) in [6.45, 7) is 0. The van der Waals surface area contributed by atoms with Gasteiger partial charge in [-0.15, -0.1) is 0 Å². The fourth-order valence-electron chi connectivity index (χ4n) is 0.867. The molecule has 0 atom stereocenters. The van der Waals surface area contributed by atoms with Gasteiger partial charge in [0.2, 0.25) is 0 Å². The van der Waals surface area contributed by atoms with Crippen LogP contribution >= 0.6 is 0 Å². The normalized spacial score (nSPS) is 13.0. The molecule has 0 aliphatic rings. The lowest BCUT2D eigenvalue weighted by molar-refractivity contribution is 0.851. The first-order valence-electron chi connectivity index (χ1n) is 4.97. The lowest BCUT2D eigenvalue weighted by Crippen LogP contribution is -1.90. The maximum atomic E-state index is 8.20. The van der Waals surface area contributed by atoms with E-state index < -0.39 is 12.3 Å². The molecule has 0 spiro atoms. The Hall–Kier alpha value is -3.54. The van der Waals surface area contributed by atoms with Crippen molar-refractivity contribution in [1.29, 1.82) is 0 Å². The van der Waals surface area contributed by atoms with E-state index in [2.05, 4.69) is 40.1 Å². The van der Waals surface area contributed by atoms with Crippen LogP contribution in [0.5, 0.6) is 0 Å². The van der Waals surface area contributed by atoms with Crippen LogP contribution in [-0.2, 0) is 0 Å². The second-order valence-corrected chi connectivity index (χ2v) is 2.80. The first-order valence-corrected chi connectivity index (χ1v) is 4.97. The summed E-state index contributed by atoms with van der Waals surface area (Å²) in [6.07, 6.45) is 6.95. The minimum Gasteiger partial charge on any atom is -0.0805 e. The summed E-state index contributed by atoms with van der Waals surface area (Å²) < 4.78 is 0. The van der Waals surface area contributed by atoms with Crippen molar-refractivity contribution < 1.29 is 0 Å². The highest BCUT2D eigenvalue weighted by Gasteiger charge is 1.94. The smallest absolute Gasteiger partial charge is 0.0805 e. The van der Waals surface area contributed by atoms with Crippen LogP contribution in [0.4, 0.5) is 0 Å². The van der Waals surface area contributed by atoms with E-state index in [1.807, 2.05) is 0 Å². The molecule has 20 heavy (non-hydrogen) atoms. The third-order valence-corrected chi connectivity index (χ3v) is 1.58. The van der Waals surface area contributed by atoms with Gasteiger partial charge in [0.25, 0.3) is 0 Å². The molecular formula is C8H8N12. The molecule has 0 aliphatic carbocycles. The summed E-state index contributed by atoms with van der Waals surface area (Å²) in [5.41, 5.74) is 32.8. The van der Waals surface area contributed by atoms with Crippen LogP contribution < -0.4 is 0 Å². The third-order valence-electron chi connectivity index (χ3n) is 1.58. The fraction of sp³-hybridized carbons (Fsp3) is 0.250. The highest BCUT2D eigenvalue weighted by atomic mass is 15.3. The molecule has 0 fully saturated rings. The molecule has 12 heteroatoms. The number of hydrogen-bond donors (Lipinski definition) is 0. The van der Waals surface area contributed by atoms with Gasteiger partial charge in [0.1, 0.15) is 12.3 Å². The molecule has 0 N–H and O–H groups in total. The topological polar surface area (TPSA) is 195 Å². The summed E-state index contributed by atoms with van der Waals surface area (Å²) in [5, 5.41) is 12.9. The van der Waals surface area contributed by atoms with Crippen LogP contribution in [0.3, 0.4) is 0 Å². The monoisotopic (exact) mass is 272 g/mol. The molecule has 0 saturated carbocycles. The van der Waals surface area contributed by atoms with E-state index in [-0.39, 0.29) is 0 Å². The predicted molar refractivity (Wildman–Crippen MR) is 71.6 cm³/mol. The van der Waals surface area contributed by atoms with E-state index in [0.29, 0.717) is 0 Å². The number of allylic oxidation sites excluding steroid dienone is 4. The van der Waals surface area contributed by atoms with Gasteiger partial charge in [0.05, 0.1) is 0 Å². The number of rotatable bonds is 8. The summed E-state index contributed by atoms with van der Waals surface area (Å²) in [7, 11) is 0. The van der Waals surface area contributed by atoms with Crippen LogP contribution in [0.1, 0.15) is 0 Å². The zero-order valence-corrected chi connectivity index (χ0v) is 9.99. The van der Waals surface area contributed by atoms with Gasteiger partial charge in [-0.1, -0.05) is 56.9 Å². The van der Waals surface area contributed by atoms with Crippen molar-refractivity contribution in [3.63, 3.8) is 0 Å². The number of nitrogens with zero attached hydrogens (tertiary/aromatic N) is 12. The van der Waals surface area contributed by atoms with E-state index in [0.717, 1.165) is 0 Å². The molecule has 0 radical (unpaired) electrons. The second-order valence-electron chi connectivity index (χ2n) is 2.80. The summed E-state index contributed by atoms with van der Waals surface area (Å²) in [4.78, 5) is 10.0. The molecule has 0 amide bonds. The molecule has 0 unspecified atom stereocenters. The highest BCUT2D eigenvalue weighted by Crippen LogP contribution is 1.99. The van der Waals surface area contributed by atoms with E-state index in [1.54, 1.807) is 12.2 Å². The zero-order chi connectivity index (χ0) is 15.1. The Labute approximate surface area is 112 Å². The van der Waals surface area contributed by atoms with Gasteiger partial charge in [-0.25, -0.2) is 0 Å². The lowest BCUT2D eigenvalue weighted by atomic mass is 10.3. The Bertz CT molecular complexity index is 487. The molecule has 0 aromatic heterocycles. The highest BCUT2D eigenvalue weighted by molar-refractivity contribution is 5.14. The Balaban J connectivity index is 4.57. The van der Waals surface area contributed by atoms with Crippen molar-refractivity contribution >= 4 is 0 Å². The van der Waals surface area contributed by atoms with Gasteiger partial charge in [-0.2, -0.15) is 0 Å². The number of azide groups is 2. The molecule has 0 aromatic carbocycles. The van der Waals surface area contributed by atoms with Crippen LogP contribution in [0.25, 0.3) is 41.8 Å². The molecule has 0 saturated heterocycles. The van der Waals surface area contributed by atoms with E-state index >= 15 is 0 Å². The molecule has 0 aliphatic heterocycles. The summed E-state index contributed by atoms with van der Waals surface area (Å²) in [6, 6.07) is 0. The first-order chi connectivity index (χ1) is 9.78. The van der Waals surface area contributed by atoms with Crippen LogP contribution in [0.15, 0.2) is 56.9 Å². The number of hydrogen-bond acceptors (Lipinski definition) is 4. The van der Waals surface area contributed by atoms with Crippen molar-refractivity contribution in [1.82, 2.24) is 0 Å². The van der Waals surface area contributed by atoms with E-state index in [1.165, 1.54) is 24.3 Å². The van der Waals surface area contributed by atoms with Crippen molar-refractivity contribution in [2.45, 2.75) is 12.3 Å². The Kier molecular flexibility index (Phi) is 9.82. The molecule has 0 bridgehead atoms. The quantitative estimate of drug-likeness (QED) is 0.259. The van der Waals surface area contributed by atoms with Gasteiger partial charge >= 0.3 is 0 Å². The van der Waals surface area contributed by atoms with E-state index in [4.69, 9.17) is 22.1 Å². The molecule has 0 aromatic rings. The third kappa shape index (κ3) is 8.59. The maximum absolute atomic E-state index is 8.20. The minimum absolute atomic E-state index is 0.947. The van der Waals surface area contributed by atoms with Gasteiger partial charge < -0.3 is 0 Å². The van der Waals surface area contributed by atoms with Gasteiger partial charge in [-0.3, -0.25) is 0 Å². The predicted octanol–water partition coefficient (Wildman–Crippen LogP) is 4.55. The SMILES string of the molecule is [N-]=[N+]=NC(/C=C/C=C/C=C/C(N=[N+]=[N-])N=[N+]=[N-])N=[N+]=[N-]. The lowest BCUT2D eigenvalue weighted by Gasteiger charge is -1.92. The van der Waals surface area contributed by atoms with Crippen molar-refractivity contribution in [2.75, 3.05) is 0 Å². The largest absolute Gasteiger partial charge is 0.134 e. The Morgan fingerprint density at radius 1 is 0.550 bits per heavy atom. The summed E-state index contributed by atoms with van der Waals surface area (Å²) in [5.74, 6) is 0. The maximum Gasteiger partial charge on any atom is 0.134 e. The van der Waals surface area contributed by atoms with Crippen LogP contribution in [0, 0.1) is 0 Å². The second kappa shape index (κ2) is 11.9. The van der Waals surface area contributed by atoms with Crippen molar-refractivity contribution in [2.24, 2.45) is 20.5 Å². The minimum atomic E-state index is -0.947. The van der Waals surface area contributed by atoms with Gasteiger partial charge in [0, 0.05) is 19.6 Å². The molecule has 0 heterocycles. The Morgan fingerprint density at radius 2 is 0.850 bits per heavy atom. The Morgan fingerprint density at radius 3 is 1.10 bits per heavy atom. The molecule has 100 valence electrons. The first kappa shape index (κ1) is 16.5. The van der Waals surface area contributed by atoms with Crippen LogP contribution in [-0.4, -0.2) is 12.3 Å². The average molecular weight is 272 g/mol. The van der Waals surface area contributed by atoms with E-state index in [9.17, 15) is 0 Å². The van der Waals surface area contributed by atoms with Crippen LogP contribution in [0.2, 0.25) is 0 Å². The molecule has 0 rings (SSSR count). The fourth-order valence-corrected chi connectivity index (χ4v) is 0.867. The van der Waals surface area contributed by atoms with Gasteiger partial charge in [0.15, 0.2) is 0 Å². The standard InChI is InChI=1S/C8H8N12/c9-17-13-7(14-18-10)5-3-1-2-4-6-8(15-19-11)16-20-12/h1-8H/b2-1+,5-3+,6-4+. The van der Waals surface area contributed by atoms with Crippen molar-refractivity contribution in [3.05, 3.63) is 78.2 Å². The average Bonchev–Trinajstić information content (AvgIpc) is 2.43. The van der Waals surface area contributed by atoms with Gasteiger partial charge in [-0.05, 0) is 22.1 Å². The summed E-state index contributed by atoms with van der Waals surface area (Å²) >= 11 is 0. The molecule has 12 nitrogen and oxygen atoms in total. The van der Waals surface area contributed by atoms with Crippen molar-refractivity contribution in [3.8, 4) is 0 Å². The molecular weight excluding hydrogens is 264 g/mol. The zero-order valence-electron chi connectivity index (χ0n) is 9.99.